The summed E-state index contributed by atoms with van der Waals surface area (Å²) in [6.45, 7) is 0. The minimum Gasteiger partial charge on any atom is -0.374 e. The minimum absolute atomic E-state index is 0.0853. The molecule has 2 heterocycles. The molecule has 0 fully saturated rings. The fourth-order valence-corrected chi connectivity index (χ4v) is 2.42. The highest BCUT2D eigenvalue weighted by molar-refractivity contribution is 7.80. The molecule has 9 heteroatoms. The van der Waals surface area contributed by atoms with Gasteiger partial charge >= 0.3 is 5.56 Å². The summed E-state index contributed by atoms with van der Waals surface area (Å²) in [4.78, 5) is 16.4. The zero-order chi connectivity index (χ0) is 15.5. The monoisotopic (exact) mass is 330 g/mol. The average Bonchev–Trinajstić information content (AvgIpc) is 3.14. The highest BCUT2D eigenvalue weighted by Crippen LogP contribution is 2.27. The normalized spacial score (nSPS) is 11.1. The number of aromatic nitrogens is 3. The summed E-state index contributed by atoms with van der Waals surface area (Å²) in [5.41, 5.74) is 6.51. The first-order chi connectivity index (χ1) is 10.7. The first-order valence-corrected chi connectivity index (χ1v) is 7.47. The van der Waals surface area contributed by atoms with Crippen molar-refractivity contribution in [2.45, 2.75) is 0 Å². The number of thiazole rings is 1. The molecule has 0 unspecified atom stereocenters. The Bertz CT molecular complexity index is 879. The molecule has 0 aliphatic heterocycles. The van der Waals surface area contributed by atoms with Gasteiger partial charge in [-0.3, -0.25) is 9.89 Å². The van der Waals surface area contributed by atoms with E-state index < -0.39 is 5.56 Å². The number of azo groups is 1. The predicted octanol–water partition coefficient (Wildman–Crippen LogP) is 2.81. The number of thiocarbonyl (C=S) groups is 1. The van der Waals surface area contributed by atoms with Gasteiger partial charge in [0.2, 0.25) is 5.13 Å². The molecule has 0 aliphatic rings. The highest BCUT2D eigenvalue weighted by atomic mass is 32.1. The van der Waals surface area contributed by atoms with E-state index in [0.717, 1.165) is 10.2 Å². The molecule has 110 valence electrons. The van der Waals surface area contributed by atoms with E-state index in [0.29, 0.717) is 10.8 Å². The van der Waals surface area contributed by atoms with Crippen molar-refractivity contribution < 1.29 is 0 Å². The van der Waals surface area contributed by atoms with E-state index in [2.05, 4.69) is 20.3 Å². The van der Waals surface area contributed by atoms with Gasteiger partial charge in [-0.1, -0.05) is 30.3 Å². The molecule has 3 rings (SSSR count). The van der Waals surface area contributed by atoms with Crippen molar-refractivity contribution in [3.63, 3.8) is 0 Å². The molecular weight excluding hydrogens is 320 g/mol. The summed E-state index contributed by atoms with van der Waals surface area (Å²) >= 11 is 6.18. The predicted molar refractivity (Wildman–Crippen MR) is 89.0 cm³/mol. The molecule has 0 aliphatic carbocycles. The van der Waals surface area contributed by atoms with Crippen LogP contribution >= 0.6 is 23.6 Å². The Morgan fingerprint density at radius 2 is 2.09 bits per heavy atom. The van der Waals surface area contributed by atoms with Crippen LogP contribution in [0.5, 0.6) is 0 Å². The first-order valence-electron chi connectivity index (χ1n) is 6.18. The number of hydrogen-bond acceptors (Lipinski definition) is 6. The van der Waals surface area contributed by atoms with Gasteiger partial charge in [0.15, 0.2) is 10.8 Å². The summed E-state index contributed by atoms with van der Waals surface area (Å²) < 4.78 is 1.06. The Labute approximate surface area is 134 Å². The zero-order valence-corrected chi connectivity index (χ0v) is 12.8. The van der Waals surface area contributed by atoms with E-state index in [1.165, 1.54) is 11.3 Å². The van der Waals surface area contributed by atoms with Crippen molar-refractivity contribution >= 4 is 39.5 Å². The van der Waals surface area contributed by atoms with E-state index in [1.807, 2.05) is 30.3 Å². The van der Waals surface area contributed by atoms with Crippen LogP contribution in [-0.2, 0) is 0 Å². The van der Waals surface area contributed by atoms with Crippen LogP contribution in [0.3, 0.4) is 0 Å². The van der Waals surface area contributed by atoms with Gasteiger partial charge in [-0.25, -0.2) is 4.98 Å². The molecule has 0 saturated heterocycles. The third-order valence-electron chi connectivity index (χ3n) is 2.80. The average molecular weight is 330 g/mol. The van der Waals surface area contributed by atoms with E-state index in [9.17, 15) is 4.79 Å². The van der Waals surface area contributed by atoms with E-state index >= 15 is 0 Å². The highest BCUT2D eigenvalue weighted by Gasteiger charge is 2.17. The van der Waals surface area contributed by atoms with Crippen molar-refractivity contribution in [3.05, 3.63) is 52.3 Å². The second-order valence-corrected chi connectivity index (χ2v) is 5.49. The second-order valence-electron chi connectivity index (χ2n) is 4.19. The fraction of sp³-hybridized carbons (Fsp3) is 0. The minimum atomic E-state index is -0.452. The van der Waals surface area contributed by atoms with Crippen LogP contribution in [0.15, 0.2) is 56.9 Å². The molecular formula is C13H10N6OS2. The molecule has 0 spiro atoms. The quantitative estimate of drug-likeness (QED) is 0.569. The molecule has 3 N–H and O–H groups in total. The van der Waals surface area contributed by atoms with Gasteiger partial charge < -0.3 is 5.73 Å². The third kappa shape index (κ3) is 2.71. The van der Waals surface area contributed by atoms with E-state index in [-0.39, 0.29) is 10.8 Å². The molecule has 0 amide bonds. The number of hydrogen-bond donors (Lipinski definition) is 2. The maximum atomic E-state index is 12.4. The summed E-state index contributed by atoms with van der Waals surface area (Å²) in [5.74, 6) is 0. The van der Waals surface area contributed by atoms with Crippen LogP contribution in [0.1, 0.15) is 0 Å². The first kappa shape index (κ1) is 14.3. The van der Waals surface area contributed by atoms with Gasteiger partial charge in [0.25, 0.3) is 0 Å². The molecule has 22 heavy (non-hydrogen) atoms. The smallest absolute Gasteiger partial charge is 0.301 e. The van der Waals surface area contributed by atoms with Crippen LogP contribution < -0.4 is 11.3 Å². The number of nitrogens with one attached hydrogen (secondary N) is 1. The van der Waals surface area contributed by atoms with Crippen molar-refractivity contribution in [2.75, 3.05) is 0 Å². The maximum Gasteiger partial charge on any atom is 0.301 e. The molecule has 2 aromatic heterocycles. The Kier molecular flexibility index (Phi) is 3.90. The summed E-state index contributed by atoms with van der Waals surface area (Å²) in [6.07, 6.45) is 1.61. The van der Waals surface area contributed by atoms with E-state index in [4.69, 9.17) is 18.0 Å². The number of H-pyrrole nitrogens is 1. The topological polar surface area (TPSA) is 101 Å². The molecule has 7 nitrogen and oxygen atoms in total. The summed E-state index contributed by atoms with van der Waals surface area (Å²) in [5, 5.41) is 13.0. The number of nitrogens with two attached hydrogens (primary N) is 1. The lowest BCUT2D eigenvalue weighted by molar-refractivity contribution is 0.910. The number of nitrogens with zero attached hydrogens (tertiary/aromatic N) is 4. The van der Waals surface area contributed by atoms with Crippen LogP contribution in [0.2, 0.25) is 0 Å². The Hall–Kier alpha value is -2.65. The van der Waals surface area contributed by atoms with Crippen LogP contribution in [0.4, 0.5) is 10.8 Å². The van der Waals surface area contributed by atoms with Gasteiger partial charge in [0.05, 0.1) is 5.69 Å². The number of benzene rings is 1. The van der Waals surface area contributed by atoms with Crippen LogP contribution in [0.25, 0.3) is 11.3 Å². The Balaban J connectivity index is 2.14. The van der Waals surface area contributed by atoms with Gasteiger partial charge in [0, 0.05) is 17.1 Å². The Morgan fingerprint density at radius 3 is 2.73 bits per heavy atom. The second kappa shape index (κ2) is 6.00. The van der Waals surface area contributed by atoms with Gasteiger partial charge in [-0.15, -0.1) is 21.6 Å². The van der Waals surface area contributed by atoms with Crippen molar-refractivity contribution in [1.29, 1.82) is 0 Å². The molecule has 0 radical (unpaired) electrons. The van der Waals surface area contributed by atoms with E-state index in [1.54, 1.807) is 11.6 Å². The molecule has 0 saturated carbocycles. The molecule has 1 aromatic carbocycles. The largest absolute Gasteiger partial charge is 0.374 e. The van der Waals surface area contributed by atoms with Crippen molar-refractivity contribution in [3.8, 4) is 11.3 Å². The fourth-order valence-electron chi connectivity index (χ4n) is 1.84. The lowest BCUT2D eigenvalue weighted by Crippen LogP contribution is -2.29. The van der Waals surface area contributed by atoms with Gasteiger partial charge in [0.1, 0.15) is 0 Å². The lowest BCUT2D eigenvalue weighted by atomic mass is 10.1. The molecule has 0 bridgehead atoms. The summed E-state index contributed by atoms with van der Waals surface area (Å²) in [6, 6.07) is 9.28. The van der Waals surface area contributed by atoms with Crippen molar-refractivity contribution in [1.82, 2.24) is 14.8 Å². The third-order valence-corrected chi connectivity index (χ3v) is 3.64. The summed E-state index contributed by atoms with van der Waals surface area (Å²) in [7, 11) is 0. The molecule has 0 atom stereocenters. The number of aromatic amines is 1. The number of rotatable bonds is 3. The van der Waals surface area contributed by atoms with Crippen LogP contribution in [-0.4, -0.2) is 19.9 Å². The standard InChI is InChI=1S/C13H10N6OS2/c14-12(21)19-11(20)10(16-17-13-15-6-7-22-13)9(18-19)8-4-2-1-3-5-8/h1-7,18H,(H2,14,21). The lowest BCUT2D eigenvalue weighted by Gasteiger charge is -1.98. The van der Waals surface area contributed by atoms with Crippen LogP contribution in [0, 0.1) is 0 Å². The zero-order valence-electron chi connectivity index (χ0n) is 11.1. The van der Waals surface area contributed by atoms with Gasteiger partial charge in [-0.05, 0) is 12.2 Å². The maximum absolute atomic E-state index is 12.4. The van der Waals surface area contributed by atoms with Crippen molar-refractivity contribution in [2.24, 2.45) is 16.0 Å². The Morgan fingerprint density at radius 1 is 1.32 bits per heavy atom. The SMILES string of the molecule is NC(=S)n1[nH]c(-c2ccccc2)c(N=Nc2nccs2)c1=O. The molecule has 3 aromatic rings. The van der Waals surface area contributed by atoms with Gasteiger partial charge in [-0.2, -0.15) is 4.68 Å².